The topological polar surface area (TPSA) is 118 Å². The first kappa shape index (κ1) is 24.8. The Kier molecular flexibility index (Phi) is 6.80. The van der Waals surface area contributed by atoms with Crippen molar-refractivity contribution in [2.24, 2.45) is 5.92 Å². The number of nitrogens with zero attached hydrogens (tertiary/aromatic N) is 4. The number of likely N-dealkylation sites (N-methyl/N-ethyl adjacent to an activating group) is 1. The van der Waals surface area contributed by atoms with Crippen molar-refractivity contribution in [3.8, 4) is 0 Å². The van der Waals surface area contributed by atoms with Crippen LogP contribution in [0.5, 0.6) is 0 Å². The van der Waals surface area contributed by atoms with Gasteiger partial charge in [-0.3, -0.25) is 4.79 Å². The van der Waals surface area contributed by atoms with Gasteiger partial charge in [0.2, 0.25) is 0 Å². The highest BCUT2D eigenvalue weighted by atomic mass is 32.1. The van der Waals surface area contributed by atoms with Crippen molar-refractivity contribution >= 4 is 39.0 Å². The maximum atomic E-state index is 15.3. The van der Waals surface area contributed by atoms with Gasteiger partial charge in [0.1, 0.15) is 27.2 Å². The Labute approximate surface area is 213 Å². The normalized spacial score (nSPS) is 21.7. The summed E-state index contributed by atoms with van der Waals surface area (Å²) in [7, 11) is 3.64. The summed E-state index contributed by atoms with van der Waals surface area (Å²) in [6.45, 7) is 5.85. The lowest BCUT2D eigenvalue weighted by molar-refractivity contribution is 0.0938. The van der Waals surface area contributed by atoms with E-state index in [4.69, 9.17) is 15.5 Å². The number of carbonyl (C=O) groups is 1. The van der Waals surface area contributed by atoms with Gasteiger partial charge in [-0.05, 0) is 40.2 Å². The van der Waals surface area contributed by atoms with Crippen molar-refractivity contribution in [3.63, 3.8) is 0 Å². The maximum Gasteiger partial charge on any atom is 0.263 e. The second kappa shape index (κ2) is 9.87. The Morgan fingerprint density at radius 2 is 2.11 bits per heavy atom. The average Bonchev–Trinajstić information content (AvgIpc) is 3.40. The lowest BCUT2D eigenvalue weighted by Gasteiger charge is -2.27. The minimum Gasteiger partial charge on any atom is -0.397 e. The number of aromatic nitrogens is 3. The summed E-state index contributed by atoms with van der Waals surface area (Å²) in [5.41, 5.74) is 8.81. The monoisotopic (exact) mass is 513 g/mol. The van der Waals surface area contributed by atoms with E-state index in [-0.39, 0.29) is 23.8 Å². The molecule has 11 heteroatoms. The number of nitrogen functional groups attached to an aromatic ring is 1. The zero-order valence-electron chi connectivity index (χ0n) is 21.0. The molecule has 1 amide bonds. The first-order valence-corrected chi connectivity index (χ1v) is 13.0. The first-order chi connectivity index (χ1) is 17.3. The van der Waals surface area contributed by atoms with Crippen LogP contribution in [0.2, 0.25) is 0 Å². The number of ether oxygens (including phenoxy) is 1. The zero-order chi connectivity index (χ0) is 25.6. The van der Waals surface area contributed by atoms with E-state index >= 15 is 4.39 Å². The van der Waals surface area contributed by atoms with E-state index in [1.165, 1.54) is 17.4 Å². The largest absolute Gasteiger partial charge is 0.397 e. The number of hydrogen-bond acceptors (Lipinski definition) is 9. The minimum atomic E-state index is -0.270. The van der Waals surface area contributed by atoms with Gasteiger partial charge < -0.3 is 26.0 Å². The van der Waals surface area contributed by atoms with Crippen LogP contribution in [-0.4, -0.2) is 66.8 Å². The van der Waals surface area contributed by atoms with Crippen molar-refractivity contribution in [3.05, 3.63) is 39.5 Å². The molecule has 4 N–H and O–H groups in total. The molecule has 1 fully saturated rings. The number of hydrogen-bond donors (Lipinski definition) is 3. The third kappa shape index (κ3) is 4.51. The van der Waals surface area contributed by atoms with E-state index in [9.17, 15) is 4.79 Å². The maximum absolute atomic E-state index is 15.3. The quantitative estimate of drug-likeness (QED) is 0.460. The molecule has 5 rings (SSSR count). The molecule has 2 aliphatic rings. The van der Waals surface area contributed by atoms with Gasteiger partial charge in [-0.25, -0.2) is 19.3 Å². The number of rotatable bonds is 6. The summed E-state index contributed by atoms with van der Waals surface area (Å²) in [4.78, 5) is 30.0. The molecule has 9 nitrogen and oxygen atoms in total. The van der Waals surface area contributed by atoms with Crippen LogP contribution in [0.3, 0.4) is 0 Å². The summed E-state index contributed by atoms with van der Waals surface area (Å²) in [5.74, 6) is 1.10. The molecule has 192 valence electrons. The molecule has 3 aromatic rings. The second-order valence-electron chi connectivity index (χ2n) is 9.70. The molecular weight excluding hydrogens is 481 g/mol. The van der Waals surface area contributed by atoms with Gasteiger partial charge >= 0.3 is 0 Å². The number of anilines is 2. The van der Waals surface area contributed by atoms with Crippen molar-refractivity contribution in [2.75, 3.05) is 44.5 Å². The number of pyridine rings is 1. The predicted molar refractivity (Wildman–Crippen MR) is 139 cm³/mol. The van der Waals surface area contributed by atoms with Gasteiger partial charge in [-0.1, -0.05) is 0 Å². The number of carbonyl (C=O) groups excluding carboxylic acids is 1. The summed E-state index contributed by atoms with van der Waals surface area (Å²) >= 11 is 1.27. The average molecular weight is 514 g/mol. The molecule has 36 heavy (non-hydrogen) atoms. The SMILES string of the molecule is CNC1CN(c2cc(F)c3c(n2)CCC(NC(=O)c2sc4nc(C)nc(C)c4c2N)C3)CC1COC. The standard InChI is InChI=1S/C25H32FN7O2S/c1-12-21-22(27)23(36-25(21)30-13(2)29-12)24(34)31-15-5-6-18-16(7-15)17(26)8-20(32-18)33-9-14(11-35-4)19(10-33)28-3/h8,14-15,19,28H,5-7,9-11,27H2,1-4H3,(H,31,34). The minimum absolute atomic E-state index is 0.197. The van der Waals surface area contributed by atoms with Crippen molar-refractivity contribution < 1.29 is 13.9 Å². The molecule has 0 bridgehead atoms. The predicted octanol–water partition coefficient (Wildman–Crippen LogP) is 2.38. The lowest BCUT2D eigenvalue weighted by atomic mass is 9.91. The van der Waals surface area contributed by atoms with E-state index in [1.807, 2.05) is 20.9 Å². The Morgan fingerprint density at radius 3 is 2.86 bits per heavy atom. The molecule has 4 heterocycles. The highest BCUT2D eigenvalue weighted by Gasteiger charge is 2.34. The van der Waals surface area contributed by atoms with Gasteiger partial charge in [0.25, 0.3) is 5.91 Å². The highest BCUT2D eigenvalue weighted by Crippen LogP contribution is 2.35. The first-order valence-electron chi connectivity index (χ1n) is 12.2. The Bertz CT molecular complexity index is 1310. The van der Waals surface area contributed by atoms with Crippen LogP contribution in [0.1, 0.15) is 38.9 Å². The number of nitrogens with one attached hydrogen (secondary N) is 2. The molecule has 0 aromatic carbocycles. The van der Waals surface area contributed by atoms with Gasteiger partial charge in [0.15, 0.2) is 0 Å². The lowest BCUT2D eigenvalue weighted by Crippen LogP contribution is -2.39. The number of aryl methyl sites for hydroxylation is 3. The fourth-order valence-corrected chi connectivity index (χ4v) is 6.56. The zero-order valence-corrected chi connectivity index (χ0v) is 21.8. The number of thiophene rings is 1. The van der Waals surface area contributed by atoms with E-state index in [1.54, 1.807) is 7.11 Å². The van der Waals surface area contributed by atoms with Crippen molar-refractivity contribution in [1.82, 2.24) is 25.6 Å². The van der Waals surface area contributed by atoms with E-state index in [2.05, 4.69) is 25.5 Å². The number of fused-ring (bicyclic) bond motifs is 2. The van der Waals surface area contributed by atoms with Gasteiger partial charge in [0, 0.05) is 55.5 Å². The van der Waals surface area contributed by atoms with Crippen LogP contribution in [-0.2, 0) is 17.6 Å². The number of amides is 1. The Balaban J connectivity index is 1.31. The number of methoxy groups -OCH3 is 1. The molecule has 0 spiro atoms. The fraction of sp³-hybridized carbons (Fsp3) is 0.520. The summed E-state index contributed by atoms with van der Waals surface area (Å²) in [6.07, 6.45) is 1.68. The van der Waals surface area contributed by atoms with E-state index < -0.39 is 0 Å². The van der Waals surface area contributed by atoms with Gasteiger partial charge in [-0.15, -0.1) is 11.3 Å². The third-order valence-electron chi connectivity index (χ3n) is 7.26. The summed E-state index contributed by atoms with van der Waals surface area (Å²) in [5, 5.41) is 7.12. The van der Waals surface area contributed by atoms with Gasteiger partial charge in [0.05, 0.1) is 23.4 Å². The van der Waals surface area contributed by atoms with Crippen molar-refractivity contribution in [2.45, 2.75) is 45.2 Å². The summed E-state index contributed by atoms with van der Waals surface area (Å²) in [6, 6.07) is 1.60. The van der Waals surface area contributed by atoms with E-state index in [0.717, 1.165) is 29.9 Å². The van der Waals surface area contributed by atoms with Crippen molar-refractivity contribution in [1.29, 1.82) is 0 Å². The smallest absolute Gasteiger partial charge is 0.263 e. The van der Waals surface area contributed by atoms with Crippen LogP contribution in [0.25, 0.3) is 10.2 Å². The van der Waals surface area contributed by atoms with Crippen LogP contribution in [0, 0.1) is 25.6 Å². The number of halogens is 1. The molecule has 0 radical (unpaired) electrons. The fourth-order valence-electron chi connectivity index (χ4n) is 5.46. The molecule has 0 saturated carbocycles. The van der Waals surface area contributed by atoms with Crippen LogP contribution >= 0.6 is 11.3 Å². The molecule has 3 aromatic heterocycles. The molecule has 3 unspecified atom stereocenters. The molecule has 1 aliphatic carbocycles. The van der Waals surface area contributed by atoms with Crippen LogP contribution in [0.4, 0.5) is 15.9 Å². The van der Waals surface area contributed by atoms with Crippen LogP contribution in [0.15, 0.2) is 6.07 Å². The highest BCUT2D eigenvalue weighted by molar-refractivity contribution is 7.21. The Hall–Kier alpha value is -2.89. The van der Waals surface area contributed by atoms with Gasteiger partial charge in [-0.2, -0.15) is 0 Å². The van der Waals surface area contributed by atoms with E-state index in [0.29, 0.717) is 64.4 Å². The molecule has 1 saturated heterocycles. The molecular formula is C25H32FN7O2S. The summed E-state index contributed by atoms with van der Waals surface area (Å²) < 4.78 is 20.6. The molecule has 1 aliphatic heterocycles. The van der Waals surface area contributed by atoms with Crippen LogP contribution < -0.4 is 21.3 Å². The Morgan fingerprint density at radius 1 is 1.31 bits per heavy atom. The second-order valence-corrected chi connectivity index (χ2v) is 10.7. The number of nitrogens with two attached hydrogens (primary N) is 1. The molecule has 3 atom stereocenters. The third-order valence-corrected chi connectivity index (χ3v) is 8.36.